The van der Waals surface area contributed by atoms with Gasteiger partial charge in [0.15, 0.2) is 0 Å². The Morgan fingerprint density at radius 2 is 2.15 bits per heavy atom. The van der Waals surface area contributed by atoms with E-state index < -0.39 is 12.0 Å². The first-order valence-electron chi connectivity index (χ1n) is 7.32. The third kappa shape index (κ3) is 5.51. The minimum absolute atomic E-state index is 0.153. The first kappa shape index (κ1) is 16.3. The summed E-state index contributed by atoms with van der Waals surface area (Å²) in [5, 5.41) is 12.3. The Morgan fingerprint density at radius 1 is 1.40 bits per heavy atom. The molecule has 0 aliphatic rings. The van der Waals surface area contributed by atoms with Crippen LogP contribution >= 0.6 is 0 Å². The summed E-state index contributed by atoms with van der Waals surface area (Å²) in [5.74, 6) is -0.0457. The van der Waals surface area contributed by atoms with E-state index in [4.69, 9.17) is 4.74 Å². The molecule has 0 bridgehead atoms. The lowest BCUT2D eigenvalue weighted by atomic mass is 10.1. The number of rotatable bonds is 9. The van der Waals surface area contributed by atoms with Crippen molar-refractivity contribution in [2.75, 3.05) is 5.32 Å². The van der Waals surface area contributed by atoms with Crippen LogP contribution in [0.2, 0.25) is 0 Å². The van der Waals surface area contributed by atoms with Gasteiger partial charge in [-0.05, 0) is 31.9 Å². The predicted octanol–water partition coefficient (Wildman–Crippen LogP) is 3.92. The van der Waals surface area contributed by atoms with E-state index in [2.05, 4.69) is 19.2 Å². The number of benzene rings is 1. The highest BCUT2D eigenvalue weighted by molar-refractivity contribution is 5.77. The van der Waals surface area contributed by atoms with Gasteiger partial charge in [0, 0.05) is 11.8 Å². The van der Waals surface area contributed by atoms with Crippen molar-refractivity contribution in [2.24, 2.45) is 0 Å². The van der Waals surface area contributed by atoms with Crippen LogP contribution in [0, 0.1) is 0 Å². The fraction of sp³-hybridized carbons (Fsp3) is 0.562. The van der Waals surface area contributed by atoms with Gasteiger partial charge in [0.1, 0.15) is 11.8 Å². The van der Waals surface area contributed by atoms with Crippen LogP contribution in [0.3, 0.4) is 0 Å². The van der Waals surface area contributed by atoms with Gasteiger partial charge in [-0.2, -0.15) is 0 Å². The van der Waals surface area contributed by atoms with Crippen LogP contribution in [-0.2, 0) is 4.79 Å². The Kier molecular flexibility index (Phi) is 6.91. The van der Waals surface area contributed by atoms with Gasteiger partial charge in [-0.15, -0.1) is 0 Å². The zero-order chi connectivity index (χ0) is 15.0. The molecule has 0 radical (unpaired) electrons. The van der Waals surface area contributed by atoms with Gasteiger partial charge in [-0.3, -0.25) is 0 Å². The molecule has 1 rings (SSSR count). The molecule has 0 aliphatic carbocycles. The summed E-state index contributed by atoms with van der Waals surface area (Å²) in [6.07, 6.45) is 3.60. The lowest BCUT2D eigenvalue weighted by Gasteiger charge is -2.17. The summed E-state index contributed by atoms with van der Waals surface area (Å²) >= 11 is 0. The quantitative estimate of drug-likeness (QED) is 0.719. The Bertz CT molecular complexity index is 420. The van der Waals surface area contributed by atoms with Crippen LogP contribution in [0.4, 0.5) is 5.69 Å². The third-order valence-corrected chi connectivity index (χ3v) is 3.23. The fourth-order valence-corrected chi connectivity index (χ4v) is 1.84. The zero-order valence-corrected chi connectivity index (χ0v) is 12.6. The van der Waals surface area contributed by atoms with Crippen molar-refractivity contribution >= 4 is 11.7 Å². The molecule has 20 heavy (non-hydrogen) atoms. The van der Waals surface area contributed by atoms with Crippen molar-refractivity contribution in [2.45, 2.75) is 58.6 Å². The van der Waals surface area contributed by atoms with Gasteiger partial charge in [-0.1, -0.05) is 32.8 Å². The molecule has 0 aromatic heterocycles. The van der Waals surface area contributed by atoms with E-state index >= 15 is 0 Å². The summed E-state index contributed by atoms with van der Waals surface area (Å²) in [5.41, 5.74) is 0.786. The van der Waals surface area contributed by atoms with E-state index in [-0.39, 0.29) is 6.10 Å². The Balaban J connectivity index is 2.70. The highest BCUT2D eigenvalue weighted by atomic mass is 16.5. The van der Waals surface area contributed by atoms with Crippen molar-refractivity contribution in [3.05, 3.63) is 24.3 Å². The number of anilines is 1. The van der Waals surface area contributed by atoms with Gasteiger partial charge >= 0.3 is 5.97 Å². The number of carboxylic acid groups (broad SMARTS) is 1. The second kappa shape index (κ2) is 8.46. The summed E-state index contributed by atoms with van der Waals surface area (Å²) in [7, 11) is 0. The number of aliphatic carboxylic acids is 1. The topological polar surface area (TPSA) is 58.6 Å². The average Bonchev–Trinajstić information content (AvgIpc) is 2.43. The number of carbonyl (C=O) groups is 1. The Labute approximate surface area is 121 Å². The summed E-state index contributed by atoms with van der Waals surface area (Å²) in [6, 6.07) is 6.94. The van der Waals surface area contributed by atoms with Gasteiger partial charge in [0.2, 0.25) is 0 Å². The molecule has 1 aromatic rings. The van der Waals surface area contributed by atoms with Crippen LogP contribution in [0.15, 0.2) is 24.3 Å². The van der Waals surface area contributed by atoms with E-state index in [1.807, 2.05) is 31.2 Å². The standard InChI is InChI=1S/C16H25NO3/c1-4-6-10-15(16(18)19)17-13-8-7-9-14(11-13)20-12(3)5-2/h7-9,11-12,15,17H,4-6,10H2,1-3H3,(H,18,19). The summed E-state index contributed by atoms with van der Waals surface area (Å²) in [6.45, 7) is 6.14. The maximum absolute atomic E-state index is 11.2. The van der Waals surface area contributed by atoms with E-state index in [1.54, 1.807) is 0 Å². The number of hydrogen-bond donors (Lipinski definition) is 2. The molecule has 2 N–H and O–H groups in total. The largest absolute Gasteiger partial charge is 0.491 e. The normalized spacial score (nSPS) is 13.6. The Hall–Kier alpha value is -1.71. The average molecular weight is 279 g/mol. The highest BCUT2D eigenvalue weighted by Crippen LogP contribution is 2.20. The lowest BCUT2D eigenvalue weighted by molar-refractivity contribution is -0.138. The molecular weight excluding hydrogens is 254 g/mol. The second-order valence-electron chi connectivity index (χ2n) is 5.04. The van der Waals surface area contributed by atoms with Crippen LogP contribution in [0.25, 0.3) is 0 Å². The summed E-state index contributed by atoms with van der Waals surface area (Å²) in [4.78, 5) is 11.2. The van der Waals surface area contributed by atoms with E-state index in [9.17, 15) is 9.90 Å². The number of nitrogens with one attached hydrogen (secondary N) is 1. The molecule has 0 saturated carbocycles. The monoisotopic (exact) mass is 279 g/mol. The molecule has 112 valence electrons. The molecule has 4 heteroatoms. The molecule has 0 amide bonds. The van der Waals surface area contributed by atoms with Crippen molar-refractivity contribution in [3.8, 4) is 5.75 Å². The molecule has 0 saturated heterocycles. The number of unbranched alkanes of at least 4 members (excludes halogenated alkanes) is 1. The molecule has 2 atom stereocenters. The SMILES string of the molecule is CCCCC(Nc1cccc(OC(C)CC)c1)C(=O)O. The first-order chi connectivity index (χ1) is 9.56. The Morgan fingerprint density at radius 3 is 2.75 bits per heavy atom. The molecule has 0 aliphatic heterocycles. The number of ether oxygens (including phenoxy) is 1. The molecule has 0 heterocycles. The van der Waals surface area contributed by atoms with Crippen molar-refractivity contribution in [3.63, 3.8) is 0 Å². The zero-order valence-electron chi connectivity index (χ0n) is 12.6. The van der Waals surface area contributed by atoms with Crippen LogP contribution < -0.4 is 10.1 Å². The van der Waals surface area contributed by atoms with Gasteiger partial charge in [-0.25, -0.2) is 4.79 Å². The molecular formula is C16H25NO3. The van der Waals surface area contributed by atoms with Crippen molar-refractivity contribution in [1.29, 1.82) is 0 Å². The van der Waals surface area contributed by atoms with Crippen molar-refractivity contribution in [1.82, 2.24) is 0 Å². The summed E-state index contributed by atoms with van der Waals surface area (Å²) < 4.78 is 5.74. The fourth-order valence-electron chi connectivity index (χ4n) is 1.84. The maximum Gasteiger partial charge on any atom is 0.326 e. The first-order valence-corrected chi connectivity index (χ1v) is 7.32. The highest BCUT2D eigenvalue weighted by Gasteiger charge is 2.16. The van der Waals surface area contributed by atoms with Crippen LogP contribution in [0.1, 0.15) is 46.5 Å². The van der Waals surface area contributed by atoms with Gasteiger partial charge in [0.05, 0.1) is 6.10 Å². The van der Waals surface area contributed by atoms with Crippen LogP contribution in [0.5, 0.6) is 5.75 Å². The third-order valence-electron chi connectivity index (χ3n) is 3.23. The van der Waals surface area contributed by atoms with E-state index in [0.29, 0.717) is 6.42 Å². The van der Waals surface area contributed by atoms with E-state index in [0.717, 1.165) is 30.7 Å². The smallest absolute Gasteiger partial charge is 0.326 e. The predicted molar refractivity (Wildman–Crippen MR) is 81.4 cm³/mol. The molecule has 1 aromatic carbocycles. The lowest BCUT2D eigenvalue weighted by Crippen LogP contribution is -2.29. The van der Waals surface area contributed by atoms with Gasteiger partial charge in [0.25, 0.3) is 0 Å². The molecule has 0 spiro atoms. The molecule has 2 unspecified atom stereocenters. The number of carboxylic acids is 1. The minimum atomic E-state index is -0.813. The number of hydrogen-bond acceptors (Lipinski definition) is 3. The van der Waals surface area contributed by atoms with Crippen LogP contribution in [-0.4, -0.2) is 23.2 Å². The second-order valence-corrected chi connectivity index (χ2v) is 5.04. The van der Waals surface area contributed by atoms with Crippen molar-refractivity contribution < 1.29 is 14.6 Å². The molecule has 4 nitrogen and oxygen atoms in total. The molecule has 0 fully saturated rings. The maximum atomic E-state index is 11.2. The minimum Gasteiger partial charge on any atom is -0.491 e. The van der Waals surface area contributed by atoms with Gasteiger partial charge < -0.3 is 15.2 Å². The van der Waals surface area contributed by atoms with E-state index in [1.165, 1.54) is 0 Å².